The van der Waals surface area contributed by atoms with Crippen LogP contribution in [-0.2, 0) is 22.0 Å². The van der Waals surface area contributed by atoms with Crippen LogP contribution in [0.4, 0.5) is 5.95 Å². The number of aryl methyl sites for hydroxylation is 1. The molecule has 1 N–H and O–H groups in total. The smallest absolute Gasteiger partial charge is 0.246 e. The lowest BCUT2D eigenvalue weighted by Crippen LogP contribution is -2.16. The van der Waals surface area contributed by atoms with E-state index in [9.17, 15) is 8.42 Å². The quantitative estimate of drug-likeness (QED) is 0.727. The summed E-state index contributed by atoms with van der Waals surface area (Å²) in [7, 11) is -3.73. The van der Waals surface area contributed by atoms with Gasteiger partial charge >= 0.3 is 0 Å². The van der Waals surface area contributed by atoms with E-state index < -0.39 is 10.0 Å². The minimum Gasteiger partial charge on any atom is -0.246 e. The number of benzene rings is 2. The van der Waals surface area contributed by atoms with Crippen molar-refractivity contribution in [1.29, 1.82) is 0 Å². The molecule has 7 heteroatoms. The summed E-state index contributed by atoms with van der Waals surface area (Å²) >= 11 is 0. The van der Waals surface area contributed by atoms with Crippen molar-refractivity contribution in [2.45, 2.75) is 44.6 Å². The van der Waals surface area contributed by atoms with Crippen LogP contribution in [-0.4, -0.2) is 23.2 Å². The molecule has 6 nitrogen and oxygen atoms in total. The zero-order valence-electron chi connectivity index (χ0n) is 16.0. The second-order valence-electron chi connectivity index (χ2n) is 7.63. The van der Waals surface area contributed by atoms with Gasteiger partial charge in [-0.05, 0) is 35.6 Å². The summed E-state index contributed by atoms with van der Waals surface area (Å²) in [5.74, 6) is 0.0579. The van der Waals surface area contributed by atoms with Gasteiger partial charge in [-0.15, -0.1) is 5.10 Å². The molecule has 0 aliphatic heterocycles. The van der Waals surface area contributed by atoms with Crippen molar-refractivity contribution >= 4 is 16.0 Å². The average Bonchev–Trinajstić information content (AvgIpc) is 3.00. The predicted molar refractivity (Wildman–Crippen MR) is 106 cm³/mol. The zero-order valence-corrected chi connectivity index (χ0v) is 16.8. The molecule has 1 heterocycles. The Morgan fingerprint density at radius 3 is 2.41 bits per heavy atom. The second-order valence-corrected chi connectivity index (χ2v) is 9.32. The second kappa shape index (κ2) is 7.15. The summed E-state index contributed by atoms with van der Waals surface area (Å²) in [5, 5.41) is 4.22. The fourth-order valence-electron chi connectivity index (χ4n) is 2.73. The Balaban J connectivity index is 1.74. The van der Waals surface area contributed by atoms with Gasteiger partial charge in [-0.2, -0.15) is 4.98 Å². The molecule has 0 fully saturated rings. The predicted octanol–water partition coefficient (Wildman–Crippen LogP) is 3.73. The van der Waals surface area contributed by atoms with Gasteiger partial charge in [0.1, 0.15) is 6.33 Å². The molecule has 27 heavy (non-hydrogen) atoms. The first-order valence-corrected chi connectivity index (χ1v) is 10.2. The van der Waals surface area contributed by atoms with Gasteiger partial charge < -0.3 is 0 Å². The number of anilines is 1. The van der Waals surface area contributed by atoms with E-state index in [1.165, 1.54) is 6.33 Å². The molecule has 0 bridgehead atoms. The van der Waals surface area contributed by atoms with E-state index in [1.807, 2.05) is 37.3 Å². The molecule has 0 saturated heterocycles. The number of rotatable bonds is 5. The Morgan fingerprint density at radius 2 is 1.78 bits per heavy atom. The summed E-state index contributed by atoms with van der Waals surface area (Å²) < 4.78 is 29.2. The molecule has 1 aromatic heterocycles. The molecule has 3 rings (SSSR count). The fourth-order valence-corrected chi connectivity index (χ4v) is 3.67. The number of aromatic nitrogens is 3. The van der Waals surface area contributed by atoms with E-state index in [1.54, 1.807) is 16.8 Å². The Morgan fingerprint density at radius 1 is 1.07 bits per heavy atom. The van der Waals surface area contributed by atoms with E-state index in [2.05, 4.69) is 41.6 Å². The lowest BCUT2D eigenvalue weighted by Gasteiger charge is -2.19. The molecule has 0 saturated carbocycles. The van der Waals surface area contributed by atoms with Crippen LogP contribution in [0.25, 0.3) is 0 Å². The van der Waals surface area contributed by atoms with Crippen molar-refractivity contribution in [2.24, 2.45) is 0 Å². The molecule has 0 radical (unpaired) electrons. The first-order chi connectivity index (χ1) is 12.6. The van der Waals surface area contributed by atoms with Crippen LogP contribution < -0.4 is 4.72 Å². The number of nitrogens with zero attached hydrogens (tertiary/aromatic N) is 3. The standard InChI is InChI=1S/C20H24N4O2S/c1-15-6-5-7-16(12-15)13-24-14-21-19(22-24)23-27(25,26)18-10-8-17(9-11-18)20(2,3)4/h5-12,14H,13H2,1-4H3,(H,22,23). The van der Waals surface area contributed by atoms with E-state index in [0.29, 0.717) is 6.54 Å². The molecule has 0 spiro atoms. The van der Waals surface area contributed by atoms with Gasteiger partial charge in [0.25, 0.3) is 16.0 Å². The maximum absolute atomic E-state index is 12.6. The van der Waals surface area contributed by atoms with Gasteiger partial charge in [-0.3, -0.25) is 0 Å². The monoisotopic (exact) mass is 384 g/mol. The van der Waals surface area contributed by atoms with Crippen molar-refractivity contribution < 1.29 is 8.42 Å². The van der Waals surface area contributed by atoms with E-state index in [4.69, 9.17) is 0 Å². The highest BCUT2D eigenvalue weighted by molar-refractivity contribution is 7.92. The molecule has 0 aliphatic carbocycles. The maximum Gasteiger partial charge on any atom is 0.264 e. The largest absolute Gasteiger partial charge is 0.264 e. The van der Waals surface area contributed by atoms with E-state index >= 15 is 0 Å². The van der Waals surface area contributed by atoms with Crippen LogP contribution in [0.3, 0.4) is 0 Å². The minimum absolute atomic E-state index is 0.0359. The summed E-state index contributed by atoms with van der Waals surface area (Å²) in [6.45, 7) is 8.80. The van der Waals surface area contributed by atoms with Crippen molar-refractivity contribution in [3.63, 3.8) is 0 Å². The number of hydrogen-bond acceptors (Lipinski definition) is 4. The molecular formula is C20H24N4O2S. The highest BCUT2D eigenvalue weighted by Gasteiger charge is 2.19. The first kappa shape index (κ1) is 19.1. The van der Waals surface area contributed by atoms with Gasteiger partial charge in [0, 0.05) is 0 Å². The lowest BCUT2D eigenvalue weighted by atomic mass is 9.87. The van der Waals surface area contributed by atoms with Crippen molar-refractivity contribution in [1.82, 2.24) is 14.8 Å². The van der Waals surface area contributed by atoms with Gasteiger partial charge in [0.05, 0.1) is 11.4 Å². The van der Waals surface area contributed by atoms with Crippen LogP contribution in [0.2, 0.25) is 0 Å². The molecule has 0 unspecified atom stereocenters. The summed E-state index contributed by atoms with van der Waals surface area (Å²) in [6.07, 6.45) is 1.52. The van der Waals surface area contributed by atoms with Crippen molar-refractivity contribution in [3.05, 3.63) is 71.5 Å². The van der Waals surface area contributed by atoms with Crippen LogP contribution in [0.15, 0.2) is 59.8 Å². The Bertz CT molecular complexity index is 1030. The SMILES string of the molecule is Cc1cccc(Cn2cnc(NS(=O)(=O)c3ccc(C(C)(C)C)cc3)n2)c1. The van der Waals surface area contributed by atoms with Crippen LogP contribution in [0.5, 0.6) is 0 Å². The van der Waals surface area contributed by atoms with E-state index in [0.717, 1.165) is 16.7 Å². The Kier molecular flexibility index (Phi) is 5.06. The van der Waals surface area contributed by atoms with Crippen LogP contribution in [0.1, 0.15) is 37.5 Å². The third kappa shape index (κ3) is 4.74. The van der Waals surface area contributed by atoms with Gasteiger partial charge in [0.15, 0.2) is 0 Å². The van der Waals surface area contributed by atoms with Gasteiger partial charge in [-0.1, -0.05) is 62.7 Å². The zero-order chi connectivity index (χ0) is 19.7. The topological polar surface area (TPSA) is 76.9 Å². The molecule has 142 valence electrons. The average molecular weight is 385 g/mol. The molecular weight excluding hydrogens is 360 g/mol. The number of hydrogen-bond donors (Lipinski definition) is 1. The maximum atomic E-state index is 12.6. The third-order valence-electron chi connectivity index (χ3n) is 4.22. The molecule has 3 aromatic rings. The van der Waals surface area contributed by atoms with E-state index in [-0.39, 0.29) is 16.3 Å². The number of sulfonamides is 1. The van der Waals surface area contributed by atoms with Crippen LogP contribution >= 0.6 is 0 Å². The van der Waals surface area contributed by atoms with Crippen LogP contribution in [0, 0.1) is 6.92 Å². The summed E-state index contributed by atoms with van der Waals surface area (Å²) in [4.78, 5) is 4.25. The Hall–Kier alpha value is -2.67. The molecule has 0 aliphatic rings. The lowest BCUT2D eigenvalue weighted by molar-refractivity contribution is 0.587. The summed E-state index contributed by atoms with van der Waals surface area (Å²) in [6, 6.07) is 14.9. The minimum atomic E-state index is -3.73. The fraction of sp³-hybridized carbons (Fsp3) is 0.300. The first-order valence-electron chi connectivity index (χ1n) is 8.72. The highest BCUT2D eigenvalue weighted by Crippen LogP contribution is 2.24. The normalized spacial score (nSPS) is 12.1. The molecule has 0 amide bonds. The van der Waals surface area contributed by atoms with Gasteiger partial charge in [0.2, 0.25) is 0 Å². The summed E-state index contributed by atoms with van der Waals surface area (Å²) in [5.41, 5.74) is 3.27. The van der Waals surface area contributed by atoms with Gasteiger partial charge in [-0.25, -0.2) is 17.8 Å². The molecule has 2 aromatic carbocycles. The Labute approximate surface area is 160 Å². The number of nitrogens with one attached hydrogen (secondary N) is 1. The van der Waals surface area contributed by atoms with Crippen molar-refractivity contribution in [3.8, 4) is 0 Å². The third-order valence-corrected chi connectivity index (χ3v) is 5.56. The molecule has 0 atom stereocenters. The van der Waals surface area contributed by atoms with Crippen molar-refractivity contribution in [2.75, 3.05) is 4.72 Å². The highest BCUT2D eigenvalue weighted by atomic mass is 32.2.